The molecule has 1 rings (SSSR count). The molecular formula is C27H31F13O4. The number of alkyl halides is 13. The Morgan fingerprint density at radius 2 is 1.11 bits per heavy atom. The van der Waals surface area contributed by atoms with E-state index in [1.54, 1.807) is 0 Å². The highest BCUT2D eigenvalue weighted by Crippen LogP contribution is 2.60. The molecule has 0 radical (unpaired) electrons. The van der Waals surface area contributed by atoms with Gasteiger partial charge in [-0.05, 0) is 30.7 Å². The molecule has 0 unspecified atom stereocenters. The number of carbonyl (C=O) groups excluding carboxylic acids is 1. The van der Waals surface area contributed by atoms with Gasteiger partial charge in [0.2, 0.25) is 5.43 Å². The topological polar surface area (TPSA) is 52.6 Å². The molecular weight excluding hydrogens is 635 g/mol. The van der Waals surface area contributed by atoms with Crippen molar-refractivity contribution >= 4 is 5.97 Å². The minimum atomic E-state index is -7.98. The number of hydrogen-bond donors (Lipinski definition) is 0. The minimum absolute atomic E-state index is 0.0425. The van der Waals surface area contributed by atoms with Gasteiger partial charge in [0.05, 0.1) is 13.0 Å². The van der Waals surface area contributed by atoms with Crippen molar-refractivity contribution < 1.29 is 71.3 Å². The zero-order valence-electron chi connectivity index (χ0n) is 23.3. The summed E-state index contributed by atoms with van der Waals surface area (Å²) in [4.78, 5) is 24.1. The van der Waals surface area contributed by atoms with E-state index in [0.29, 0.717) is 12.5 Å². The van der Waals surface area contributed by atoms with Crippen LogP contribution in [0.3, 0.4) is 0 Å². The third-order valence-electron chi connectivity index (χ3n) is 6.43. The molecule has 254 valence electrons. The minimum Gasteiger partial charge on any atom is -0.493 e. The standard InChI is InChI=1S/C27H31F13O4/c1-2-3-4-5-6-7-8-9-10-11-21(42)44-20-15-13-18(12-14-19(20)41)43-17-16-22(28,29)23(30,31)24(32,33)25(34,35)26(36,37)27(38,39)40/h12-15H,2-11,16-17H2,1H3. The Bertz CT molecular complexity index is 1120. The van der Waals surface area contributed by atoms with E-state index >= 15 is 0 Å². The first-order valence-electron chi connectivity index (χ1n) is 13.5. The lowest BCUT2D eigenvalue weighted by Gasteiger charge is -2.39. The van der Waals surface area contributed by atoms with E-state index in [9.17, 15) is 66.7 Å². The predicted octanol–water partition coefficient (Wildman–Crippen LogP) is 9.38. The summed E-state index contributed by atoms with van der Waals surface area (Å²) in [6, 6.07) is 3.08. The first kappa shape index (κ1) is 39.3. The van der Waals surface area contributed by atoms with Crippen molar-refractivity contribution in [3.8, 4) is 11.5 Å². The van der Waals surface area contributed by atoms with Gasteiger partial charge in [0.25, 0.3) is 0 Å². The highest BCUT2D eigenvalue weighted by Gasteiger charge is 2.90. The average Bonchev–Trinajstić information content (AvgIpc) is 3.07. The van der Waals surface area contributed by atoms with Crippen LogP contribution in [0.4, 0.5) is 57.1 Å². The maximum absolute atomic E-state index is 13.9. The molecule has 1 aromatic rings. The van der Waals surface area contributed by atoms with Crippen LogP contribution < -0.4 is 14.9 Å². The van der Waals surface area contributed by atoms with E-state index in [0.717, 1.165) is 63.1 Å². The number of esters is 1. The highest BCUT2D eigenvalue weighted by molar-refractivity contribution is 5.72. The molecule has 0 spiro atoms. The monoisotopic (exact) mass is 666 g/mol. The molecule has 44 heavy (non-hydrogen) atoms. The molecule has 0 amide bonds. The van der Waals surface area contributed by atoms with Gasteiger partial charge in [-0.3, -0.25) is 9.59 Å². The largest absolute Gasteiger partial charge is 0.493 e. The van der Waals surface area contributed by atoms with E-state index in [1.807, 2.05) is 0 Å². The number of ether oxygens (including phenoxy) is 2. The van der Waals surface area contributed by atoms with Crippen LogP contribution in [-0.2, 0) is 4.79 Å². The number of hydrogen-bond acceptors (Lipinski definition) is 4. The van der Waals surface area contributed by atoms with Gasteiger partial charge in [-0.15, -0.1) is 0 Å². The van der Waals surface area contributed by atoms with E-state index in [4.69, 9.17) is 4.74 Å². The molecule has 4 nitrogen and oxygen atoms in total. The predicted molar refractivity (Wildman–Crippen MR) is 131 cm³/mol. The van der Waals surface area contributed by atoms with Crippen molar-refractivity contribution in [2.45, 2.75) is 113 Å². The lowest BCUT2D eigenvalue weighted by Crippen LogP contribution is -2.70. The molecule has 0 atom stereocenters. The second-order valence-corrected chi connectivity index (χ2v) is 9.95. The van der Waals surface area contributed by atoms with Crippen molar-refractivity contribution in [1.82, 2.24) is 0 Å². The molecule has 0 aliphatic carbocycles. The van der Waals surface area contributed by atoms with Crippen molar-refractivity contribution in [1.29, 1.82) is 0 Å². The Hall–Kier alpha value is -2.75. The summed E-state index contributed by atoms with van der Waals surface area (Å²) in [5.41, 5.74) is -0.926. The van der Waals surface area contributed by atoms with E-state index < -0.39 is 71.7 Å². The molecule has 0 N–H and O–H groups in total. The van der Waals surface area contributed by atoms with Crippen LogP contribution in [0.25, 0.3) is 0 Å². The third kappa shape index (κ3) is 9.38. The smallest absolute Gasteiger partial charge is 0.460 e. The fourth-order valence-electron chi connectivity index (χ4n) is 3.73. The summed E-state index contributed by atoms with van der Waals surface area (Å²) >= 11 is 0. The van der Waals surface area contributed by atoms with Crippen molar-refractivity contribution in [3.05, 3.63) is 34.5 Å². The second-order valence-electron chi connectivity index (χ2n) is 9.95. The van der Waals surface area contributed by atoms with E-state index in [-0.39, 0.29) is 6.42 Å². The van der Waals surface area contributed by atoms with Crippen LogP contribution in [0.2, 0.25) is 0 Å². The van der Waals surface area contributed by atoms with Crippen molar-refractivity contribution in [3.63, 3.8) is 0 Å². The van der Waals surface area contributed by atoms with Gasteiger partial charge in [0, 0.05) is 6.42 Å². The molecule has 0 bridgehead atoms. The fourth-order valence-corrected chi connectivity index (χ4v) is 3.73. The summed E-state index contributed by atoms with van der Waals surface area (Å²) in [6.45, 7) is 0.415. The van der Waals surface area contributed by atoms with Crippen LogP contribution in [0, 0.1) is 0 Å². The van der Waals surface area contributed by atoms with Gasteiger partial charge in [0.15, 0.2) is 5.75 Å². The third-order valence-corrected chi connectivity index (χ3v) is 6.43. The summed E-state index contributed by atoms with van der Waals surface area (Å²) in [5, 5.41) is 0. The Morgan fingerprint density at radius 1 is 0.636 bits per heavy atom. The van der Waals surface area contributed by atoms with Gasteiger partial charge in [-0.2, -0.15) is 57.1 Å². The number of rotatable bonds is 19. The normalized spacial score (nSPS) is 13.6. The van der Waals surface area contributed by atoms with Gasteiger partial charge in [-0.1, -0.05) is 58.3 Å². The molecule has 17 heteroatoms. The molecule has 1 aromatic carbocycles. The lowest BCUT2D eigenvalue weighted by molar-refractivity contribution is -0.440. The summed E-state index contributed by atoms with van der Waals surface area (Å²) < 4.78 is 181. The summed E-state index contributed by atoms with van der Waals surface area (Å²) in [5.74, 6) is -39.3. The average molecular weight is 667 g/mol. The van der Waals surface area contributed by atoms with Crippen molar-refractivity contribution in [2.75, 3.05) is 6.61 Å². The Kier molecular flexibility index (Phi) is 13.8. The van der Waals surface area contributed by atoms with Crippen LogP contribution in [0.15, 0.2) is 29.1 Å². The number of carbonyl (C=O) groups is 1. The van der Waals surface area contributed by atoms with E-state index in [2.05, 4.69) is 11.7 Å². The Morgan fingerprint density at radius 3 is 1.64 bits per heavy atom. The fraction of sp³-hybridized carbons (Fsp3) is 0.704. The van der Waals surface area contributed by atoms with E-state index in [1.165, 1.54) is 6.42 Å². The zero-order valence-corrected chi connectivity index (χ0v) is 23.3. The first-order valence-corrected chi connectivity index (χ1v) is 13.5. The van der Waals surface area contributed by atoms with Gasteiger partial charge >= 0.3 is 41.8 Å². The van der Waals surface area contributed by atoms with Crippen LogP contribution in [-0.4, -0.2) is 48.4 Å². The van der Waals surface area contributed by atoms with Crippen LogP contribution in [0.5, 0.6) is 11.5 Å². The van der Waals surface area contributed by atoms with Gasteiger partial charge in [-0.25, -0.2) is 0 Å². The molecule has 0 saturated carbocycles. The number of halogens is 13. The van der Waals surface area contributed by atoms with Crippen LogP contribution >= 0.6 is 0 Å². The molecule has 0 saturated heterocycles. The maximum atomic E-state index is 13.9. The number of unbranched alkanes of at least 4 members (excludes halogenated alkanes) is 8. The Balaban J connectivity index is 2.78. The maximum Gasteiger partial charge on any atom is 0.460 e. The second kappa shape index (κ2) is 15.5. The van der Waals surface area contributed by atoms with Gasteiger partial charge < -0.3 is 9.47 Å². The SMILES string of the molecule is CCCCCCCCCCCC(=O)Oc1ccc(OCCC(F)(F)C(F)(F)C(F)(F)C(F)(F)C(F)(F)C(F)(F)F)ccc1=O. The molecule has 0 fully saturated rings. The van der Waals surface area contributed by atoms with Crippen LogP contribution in [0.1, 0.15) is 77.6 Å². The first-order chi connectivity index (χ1) is 20.1. The summed E-state index contributed by atoms with van der Waals surface area (Å²) in [7, 11) is 0. The Labute approximate surface area is 243 Å². The quantitative estimate of drug-likeness (QED) is 0.0839. The lowest BCUT2D eigenvalue weighted by atomic mass is 9.93. The van der Waals surface area contributed by atoms with Gasteiger partial charge in [0.1, 0.15) is 5.75 Å². The molecule has 0 aliphatic heterocycles. The summed E-state index contributed by atoms with van der Waals surface area (Å²) in [6.07, 6.45) is -1.38. The molecule has 0 aliphatic rings. The molecule has 0 aromatic heterocycles. The zero-order chi connectivity index (χ0) is 34.0. The highest BCUT2D eigenvalue weighted by atomic mass is 19.4. The van der Waals surface area contributed by atoms with Crippen molar-refractivity contribution in [2.24, 2.45) is 0 Å². The molecule has 0 heterocycles.